The fourth-order valence-corrected chi connectivity index (χ4v) is 3.67. The van der Waals surface area contributed by atoms with Crippen LogP contribution in [-0.4, -0.2) is 42.1 Å². The van der Waals surface area contributed by atoms with E-state index in [1.807, 2.05) is 19.2 Å². The van der Waals surface area contributed by atoms with Crippen molar-refractivity contribution in [3.05, 3.63) is 51.7 Å². The zero-order valence-electron chi connectivity index (χ0n) is 14.7. The third-order valence-corrected chi connectivity index (χ3v) is 5.04. The van der Waals surface area contributed by atoms with E-state index in [1.54, 1.807) is 30.5 Å². The summed E-state index contributed by atoms with van der Waals surface area (Å²) >= 11 is 1.64. The minimum atomic E-state index is -0.235. The highest BCUT2D eigenvalue weighted by molar-refractivity contribution is 7.09. The molecule has 2 unspecified atom stereocenters. The minimum absolute atomic E-state index is 0.0597. The molecular formula is C18H23FN4OS. The van der Waals surface area contributed by atoms with Gasteiger partial charge in [0.25, 0.3) is 0 Å². The molecule has 5 nitrogen and oxygen atoms in total. The average molecular weight is 362 g/mol. The van der Waals surface area contributed by atoms with Crippen molar-refractivity contribution in [2.45, 2.75) is 32.6 Å². The van der Waals surface area contributed by atoms with Crippen molar-refractivity contribution in [3.63, 3.8) is 0 Å². The number of aliphatic imine (C=N–C) groups is 1. The van der Waals surface area contributed by atoms with Gasteiger partial charge in [0.05, 0.1) is 19.2 Å². The fraction of sp³-hybridized carbons (Fsp3) is 0.444. The summed E-state index contributed by atoms with van der Waals surface area (Å²) in [6.07, 6.45) is -0.0468. The van der Waals surface area contributed by atoms with Crippen LogP contribution < -0.4 is 5.32 Å². The number of halogens is 1. The van der Waals surface area contributed by atoms with Crippen molar-refractivity contribution in [1.29, 1.82) is 0 Å². The molecule has 1 aromatic carbocycles. The van der Waals surface area contributed by atoms with Gasteiger partial charge >= 0.3 is 0 Å². The Morgan fingerprint density at radius 2 is 2.16 bits per heavy atom. The van der Waals surface area contributed by atoms with Gasteiger partial charge in [-0.15, -0.1) is 11.3 Å². The fourth-order valence-electron chi connectivity index (χ4n) is 2.96. The molecule has 0 aliphatic carbocycles. The quantitative estimate of drug-likeness (QED) is 0.673. The number of aryl methyl sites for hydroxylation is 1. The second-order valence-corrected chi connectivity index (χ2v) is 7.12. The van der Waals surface area contributed by atoms with Crippen molar-refractivity contribution < 1.29 is 9.13 Å². The topological polar surface area (TPSA) is 49.8 Å². The number of ether oxygens (including phenoxy) is 1. The maximum atomic E-state index is 13.2. The summed E-state index contributed by atoms with van der Waals surface area (Å²) in [6, 6.07) is 6.51. The Morgan fingerprint density at radius 3 is 2.80 bits per heavy atom. The van der Waals surface area contributed by atoms with Crippen LogP contribution in [0.3, 0.4) is 0 Å². The van der Waals surface area contributed by atoms with Crippen LogP contribution in [0.2, 0.25) is 0 Å². The van der Waals surface area contributed by atoms with E-state index in [-0.39, 0.29) is 18.0 Å². The minimum Gasteiger partial charge on any atom is -0.367 e. The second-order valence-electron chi connectivity index (χ2n) is 6.18. The summed E-state index contributed by atoms with van der Waals surface area (Å²) < 4.78 is 19.2. The third kappa shape index (κ3) is 4.55. The predicted molar refractivity (Wildman–Crippen MR) is 98.3 cm³/mol. The number of nitrogens with one attached hydrogen (secondary N) is 1. The highest BCUT2D eigenvalue weighted by Crippen LogP contribution is 2.25. The lowest BCUT2D eigenvalue weighted by Gasteiger charge is -2.38. The Balaban J connectivity index is 1.67. The smallest absolute Gasteiger partial charge is 0.194 e. The lowest BCUT2D eigenvalue weighted by molar-refractivity contribution is -0.0605. The van der Waals surface area contributed by atoms with E-state index in [9.17, 15) is 4.39 Å². The number of aromatic nitrogens is 1. The van der Waals surface area contributed by atoms with Crippen LogP contribution in [0.25, 0.3) is 0 Å². The third-order valence-electron chi connectivity index (χ3n) is 4.08. The van der Waals surface area contributed by atoms with Crippen LogP contribution in [0.1, 0.15) is 29.3 Å². The van der Waals surface area contributed by atoms with Gasteiger partial charge in [-0.05, 0) is 31.5 Å². The van der Waals surface area contributed by atoms with Gasteiger partial charge in [0, 0.05) is 24.7 Å². The molecule has 0 radical (unpaired) electrons. The van der Waals surface area contributed by atoms with Crippen LogP contribution in [-0.2, 0) is 11.3 Å². The molecule has 2 aromatic rings. The first-order chi connectivity index (χ1) is 12.0. The standard InChI is InChI=1S/C18H23FN4OS/c1-12-11-25-17(22-12)8-21-18(20-3)23-9-13(2)24-16(10-23)14-4-6-15(19)7-5-14/h4-7,11,13,16H,8-10H2,1-3H3,(H,20,21). The Hall–Kier alpha value is -1.99. The number of thiazole rings is 1. The number of nitrogens with zero attached hydrogens (tertiary/aromatic N) is 3. The van der Waals surface area contributed by atoms with Gasteiger partial charge in [-0.3, -0.25) is 4.99 Å². The first kappa shape index (κ1) is 17.8. The second kappa shape index (κ2) is 7.93. The number of morpholine rings is 1. The van der Waals surface area contributed by atoms with E-state index in [2.05, 4.69) is 20.2 Å². The van der Waals surface area contributed by atoms with Crippen LogP contribution >= 0.6 is 11.3 Å². The zero-order chi connectivity index (χ0) is 17.8. The molecule has 0 spiro atoms. The van der Waals surface area contributed by atoms with Crippen molar-refractivity contribution >= 4 is 17.3 Å². The molecule has 1 N–H and O–H groups in total. The van der Waals surface area contributed by atoms with Crippen molar-refractivity contribution in [2.75, 3.05) is 20.1 Å². The first-order valence-electron chi connectivity index (χ1n) is 8.32. The van der Waals surface area contributed by atoms with Crippen LogP contribution in [0.15, 0.2) is 34.6 Å². The van der Waals surface area contributed by atoms with Crippen LogP contribution in [0.5, 0.6) is 0 Å². The molecule has 1 aromatic heterocycles. The number of hydrogen-bond acceptors (Lipinski definition) is 4. The molecule has 2 atom stereocenters. The number of guanidine groups is 1. The highest BCUT2D eigenvalue weighted by Gasteiger charge is 2.28. The SMILES string of the molecule is CN=C(NCc1nc(C)cs1)N1CC(C)OC(c2ccc(F)cc2)C1. The maximum absolute atomic E-state index is 13.2. The lowest BCUT2D eigenvalue weighted by Crippen LogP contribution is -2.50. The Bertz CT molecular complexity index is 731. The first-order valence-corrected chi connectivity index (χ1v) is 9.20. The zero-order valence-corrected chi connectivity index (χ0v) is 15.5. The van der Waals surface area contributed by atoms with E-state index in [4.69, 9.17) is 4.74 Å². The maximum Gasteiger partial charge on any atom is 0.194 e. The Labute approximate surface area is 151 Å². The monoisotopic (exact) mass is 362 g/mol. The molecule has 0 amide bonds. The molecule has 3 rings (SSSR count). The van der Waals surface area contributed by atoms with E-state index < -0.39 is 0 Å². The van der Waals surface area contributed by atoms with E-state index >= 15 is 0 Å². The van der Waals surface area contributed by atoms with Gasteiger partial charge in [0.1, 0.15) is 16.9 Å². The van der Waals surface area contributed by atoms with Crippen LogP contribution in [0, 0.1) is 12.7 Å². The van der Waals surface area contributed by atoms with Gasteiger partial charge in [0.15, 0.2) is 5.96 Å². The largest absolute Gasteiger partial charge is 0.367 e. The Morgan fingerprint density at radius 1 is 1.40 bits per heavy atom. The van der Waals surface area contributed by atoms with E-state index in [1.165, 1.54) is 12.1 Å². The number of benzene rings is 1. The summed E-state index contributed by atoms with van der Waals surface area (Å²) in [4.78, 5) is 11.1. The molecule has 1 aliphatic heterocycles. The molecule has 1 saturated heterocycles. The normalized spacial score (nSPS) is 21.4. The summed E-state index contributed by atoms with van der Waals surface area (Å²) in [5.41, 5.74) is 2.01. The van der Waals surface area contributed by atoms with Gasteiger partial charge in [-0.2, -0.15) is 0 Å². The predicted octanol–water partition coefficient (Wildman–Crippen LogP) is 3.13. The molecule has 134 valence electrons. The molecule has 1 aliphatic rings. The highest BCUT2D eigenvalue weighted by atomic mass is 32.1. The van der Waals surface area contributed by atoms with E-state index in [0.717, 1.165) is 28.8 Å². The molecule has 2 heterocycles. The van der Waals surface area contributed by atoms with Gasteiger partial charge in [0.2, 0.25) is 0 Å². The number of rotatable bonds is 3. The summed E-state index contributed by atoms with van der Waals surface area (Å²) in [5, 5.41) is 6.46. The van der Waals surface area contributed by atoms with Crippen molar-refractivity contribution in [1.82, 2.24) is 15.2 Å². The van der Waals surface area contributed by atoms with Gasteiger partial charge < -0.3 is 15.0 Å². The average Bonchev–Trinajstić information content (AvgIpc) is 3.01. The molecule has 0 bridgehead atoms. The molecular weight excluding hydrogens is 339 g/mol. The van der Waals surface area contributed by atoms with Crippen LogP contribution in [0.4, 0.5) is 4.39 Å². The van der Waals surface area contributed by atoms with Gasteiger partial charge in [-0.1, -0.05) is 12.1 Å². The number of hydrogen-bond donors (Lipinski definition) is 1. The summed E-state index contributed by atoms with van der Waals surface area (Å²) in [6.45, 7) is 6.12. The van der Waals surface area contributed by atoms with Gasteiger partial charge in [-0.25, -0.2) is 9.37 Å². The molecule has 25 heavy (non-hydrogen) atoms. The molecule has 1 fully saturated rings. The lowest BCUT2D eigenvalue weighted by atomic mass is 10.1. The summed E-state index contributed by atoms with van der Waals surface area (Å²) in [7, 11) is 1.78. The van der Waals surface area contributed by atoms with Crippen molar-refractivity contribution in [2.24, 2.45) is 4.99 Å². The van der Waals surface area contributed by atoms with E-state index in [0.29, 0.717) is 13.1 Å². The molecule has 0 saturated carbocycles. The Kier molecular flexibility index (Phi) is 5.65. The summed E-state index contributed by atoms with van der Waals surface area (Å²) in [5.74, 6) is 0.593. The van der Waals surface area contributed by atoms with Crippen molar-refractivity contribution in [3.8, 4) is 0 Å². The molecule has 7 heteroatoms.